The van der Waals surface area contributed by atoms with Gasteiger partial charge in [0.25, 0.3) is 0 Å². The zero-order valence-electron chi connectivity index (χ0n) is 55.4. The third-order valence-electron chi connectivity index (χ3n) is 17.9. The van der Waals surface area contributed by atoms with Crippen molar-refractivity contribution in [2.45, 2.75) is 423 Å². The summed E-state index contributed by atoms with van der Waals surface area (Å²) in [6, 6.07) is -0.805. The standard InChI is InChI=1S/C73H141NO10/c1-3-5-7-9-11-13-14-15-16-31-35-38-41-45-49-53-57-61-69(78)82-62-58-54-50-46-42-39-36-33-30-28-26-24-22-20-18-17-19-21-23-25-27-29-32-34-37-40-44-48-52-56-60-68(77)74-65(66(76)59-55-51-47-43-12-10-8-6-4-2)64-83-73-72(81)71(80)70(79)67(63-75)84-73/h55,59,65-67,70-73,75-76,79-81H,3-54,56-58,60-64H2,1-2H3,(H,74,77)/b59-55+. The summed E-state index contributed by atoms with van der Waals surface area (Å²) < 4.78 is 16.7. The van der Waals surface area contributed by atoms with Gasteiger partial charge in [0, 0.05) is 12.8 Å². The van der Waals surface area contributed by atoms with Crippen LogP contribution in [0.15, 0.2) is 12.2 Å². The van der Waals surface area contributed by atoms with Gasteiger partial charge in [-0.25, -0.2) is 0 Å². The molecule has 11 heteroatoms. The van der Waals surface area contributed by atoms with Gasteiger partial charge < -0.3 is 45.1 Å². The van der Waals surface area contributed by atoms with Crippen LogP contribution in [0.3, 0.4) is 0 Å². The molecule has 7 atom stereocenters. The van der Waals surface area contributed by atoms with E-state index in [1.54, 1.807) is 6.08 Å². The first-order valence-corrected chi connectivity index (χ1v) is 37.0. The van der Waals surface area contributed by atoms with Crippen LogP contribution in [0, 0.1) is 0 Å². The third-order valence-corrected chi connectivity index (χ3v) is 17.9. The molecule has 1 aliphatic rings. The summed E-state index contributed by atoms with van der Waals surface area (Å²) in [7, 11) is 0. The Morgan fingerprint density at radius 2 is 0.750 bits per heavy atom. The van der Waals surface area contributed by atoms with E-state index >= 15 is 0 Å². The SMILES string of the molecule is CCCCCCCCC/C=C/C(O)C(COC1OC(CO)C(O)C(O)C1O)NC(=O)CCCCCCCCCCCCCCCCCCCCCCCCCCCCCCCCOC(=O)CCCCCCCCCCCCCCCCCCC. The number of aliphatic hydroxyl groups excluding tert-OH is 5. The fraction of sp³-hybridized carbons (Fsp3) is 0.945. The normalized spacial score (nSPS) is 18.0. The summed E-state index contributed by atoms with van der Waals surface area (Å²) in [5.41, 5.74) is 0. The molecule has 0 aliphatic carbocycles. The molecule has 0 aromatic heterocycles. The molecule has 0 aromatic carbocycles. The van der Waals surface area contributed by atoms with Gasteiger partial charge in [0.1, 0.15) is 24.4 Å². The van der Waals surface area contributed by atoms with Gasteiger partial charge in [-0.2, -0.15) is 0 Å². The summed E-state index contributed by atoms with van der Waals surface area (Å²) >= 11 is 0. The lowest BCUT2D eigenvalue weighted by Gasteiger charge is -2.40. The van der Waals surface area contributed by atoms with E-state index in [9.17, 15) is 35.1 Å². The monoisotopic (exact) mass is 1190 g/mol. The molecule has 6 N–H and O–H groups in total. The molecule has 0 aromatic rings. The molecule has 11 nitrogen and oxygen atoms in total. The van der Waals surface area contributed by atoms with Crippen molar-refractivity contribution in [3.8, 4) is 0 Å². The molecule has 0 spiro atoms. The number of aliphatic hydroxyl groups is 5. The van der Waals surface area contributed by atoms with Crippen LogP contribution >= 0.6 is 0 Å². The van der Waals surface area contributed by atoms with Crippen LogP contribution in [0.25, 0.3) is 0 Å². The average Bonchev–Trinajstić information content (AvgIpc) is 3.60. The Balaban J connectivity index is 1.87. The van der Waals surface area contributed by atoms with Crippen LogP contribution in [0.1, 0.15) is 380 Å². The largest absolute Gasteiger partial charge is 0.466 e. The molecule has 1 saturated heterocycles. The zero-order chi connectivity index (χ0) is 60.9. The summed E-state index contributed by atoms with van der Waals surface area (Å²) in [6.45, 7) is 4.37. The highest BCUT2D eigenvalue weighted by atomic mass is 16.7. The molecule has 1 amide bonds. The van der Waals surface area contributed by atoms with E-state index < -0.39 is 49.5 Å². The number of esters is 1. The molecule has 84 heavy (non-hydrogen) atoms. The number of carbonyl (C=O) groups excluding carboxylic acids is 2. The van der Waals surface area contributed by atoms with Gasteiger partial charge in [0.2, 0.25) is 5.91 Å². The second-order valence-corrected chi connectivity index (χ2v) is 26.0. The number of allylic oxidation sites excluding steroid dienone is 1. The van der Waals surface area contributed by atoms with Crippen molar-refractivity contribution in [1.82, 2.24) is 5.32 Å². The molecular weight excluding hydrogens is 1050 g/mol. The highest BCUT2D eigenvalue weighted by Gasteiger charge is 2.44. The maximum absolute atomic E-state index is 13.0. The Hall–Kier alpha value is -1.60. The highest BCUT2D eigenvalue weighted by Crippen LogP contribution is 2.24. The van der Waals surface area contributed by atoms with E-state index in [-0.39, 0.29) is 18.5 Å². The van der Waals surface area contributed by atoms with Crippen molar-refractivity contribution in [3.05, 3.63) is 12.2 Å². The van der Waals surface area contributed by atoms with Crippen LogP contribution in [0.5, 0.6) is 0 Å². The number of unbranched alkanes of at least 4 members (excludes halogenated alkanes) is 52. The lowest BCUT2D eigenvalue weighted by atomic mass is 9.99. The van der Waals surface area contributed by atoms with Crippen LogP contribution < -0.4 is 5.32 Å². The number of nitrogens with one attached hydrogen (secondary N) is 1. The minimum absolute atomic E-state index is 0.0167. The van der Waals surface area contributed by atoms with E-state index in [0.717, 1.165) is 51.4 Å². The molecule has 1 heterocycles. The number of ether oxygens (including phenoxy) is 3. The quantitative estimate of drug-likeness (QED) is 0.0195. The lowest BCUT2D eigenvalue weighted by Crippen LogP contribution is -2.60. The highest BCUT2D eigenvalue weighted by molar-refractivity contribution is 5.76. The number of carbonyl (C=O) groups is 2. The smallest absolute Gasteiger partial charge is 0.305 e. The first-order valence-electron chi connectivity index (χ1n) is 37.0. The minimum Gasteiger partial charge on any atom is -0.466 e. The average molecular weight is 1190 g/mol. The Morgan fingerprint density at radius 1 is 0.429 bits per heavy atom. The zero-order valence-corrected chi connectivity index (χ0v) is 55.4. The first-order chi connectivity index (χ1) is 41.2. The molecule has 498 valence electrons. The molecule has 7 unspecified atom stereocenters. The van der Waals surface area contributed by atoms with Gasteiger partial charge >= 0.3 is 5.97 Å². The Morgan fingerprint density at radius 3 is 1.11 bits per heavy atom. The van der Waals surface area contributed by atoms with E-state index in [1.807, 2.05) is 6.08 Å². The van der Waals surface area contributed by atoms with Crippen molar-refractivity contribution in [2.75, 3.05) is 19.8 Å². The third kappa shape index (κ3) is 51.3. The maximum atomic E-state index is 13.0. The van der Waals surface area contributed by atoms with E-state index in [2.05, 4.69) is 19.2 Å². The maximum Gasteiger partial charge on any atom is 0.305 e. The van der Waals surface area contributed by atoms with Crippen LogP contribution in [-0.4, -0.2) is 100 Å². The van der Waals surface area contributed by atoms with Gasteiger partial charge in [0.05, 0.1) is 32.0 Å². The summed E-state index contributed by atoms with van der Waals surface area (Å²) in [4.78, 5) is 25.1. The predicted octanol–water partition coefficient (Wildman–Crippen LogP) is 19.0. The van der Waals surface area contributed by atoms with Gasteiger partial charge in [-0.1, -0.05) is 347 Å². The molecule has 0 radical (unpaired) electrons. The molecule has 0 saturated carbocycles. The van der Waals surface area contributed by atoms with E-state index in [0.29, 0.717) is 19.4 Å². The van der Waals surface area contributed by atoms with Crippen molar-refractivity contribution >= 4 is 11.9 Å². The van der Waals surface area contributed by atoms with Crippen molar-refractivity contribution in [1.29, 1.82) is 0 Å². The van der Waals surface area contributed by atoms with Gasteiger partial charge in [0.15, 0.2) is 6.29 Å². The van der Waals surface area contributed by atoms with Crippen LogP contribution in [0.2, 0.25) is 0 Å². The van der Waals surface area contributed by atoms with Crippen molar-refractivity contribution in [3.63, 3.8) is 0 Å². The Kier molecular flexibility index (Phi) is 60.3. The second-order valence-electron chi connectivity index (χ2n) is 26.0. The molecule has 1 aliphatic heterocycles. The molecule has 1 fully saturated rings. The van der Waals surface area contributed by atoms with Gasteiger partial charge in [-0.05, 0) is 32.1 Å². The van der Waals surface area contributed by atoms with Gasteiger partial charge in [-0.15, -0.1) is 0 Å². The predicted molar refractivity (Wildman–Crippen MR) is 352 cm³/mol. The molecular formula is C73H141NO10. The Bertz CT molecular complexity index is 1400. The second kappa shape index (κ2) is 63.0. The molecule has 0 bridgehead atoms. The van der Waals surface area contributed by atoms with Crippen molar-refractivity contribution < 1.29 is 49.3 Å². The topological polar surface area (TPSA) is 175 Å². The van der Waals surface area contributed by atoms with E-state index in [4.69, 9.17) is 14.2 Å². The summed E-state index contributed by atoms with van der Waals surface area (Å²) in [5, 5.41) is 54.3. The number of hydrogen-bond acceptors (Lipinski definition) is 10. The summed E-state index contributed by atoms with van der Waals surface area (Å²) in [5.74, 6) is -0.161. The first kappa shape index (κ1) is 80.4. The van der Waals surface area contributed by atoms with Gasteiger partial charge in [-0.3, -0.25) is 9.59 Å². The van der Waals surface area contributed by atoms with Crippen molar-refractivity contribution in [2.24, 2.45) is 0 Å². The number of hydrogen-bond donors (Lipinski definition) is 6. The van der Waals surface area contributed by atoms with Crippen LogP contribution in [0.4, 0.5) is 0 Å². The van der Waals surface area contributed by atoms with Crippen LogP contribution in [-0.2, 0) is 23.8 Å². The number of amides is 1. The minimum atomic E-state index is -1.57. The fourth-order valence-electron chi connectivity index (χ4n) is 12.1. The lowest BCUT2D eigenvalue weighted by molar-refractivity contribution is -0.302. The van der Waals surface area contributed by atoms with E-state index in [1.165, 1.54) is 302 Å². The molecule has 1 rings (SSSR count). The fourth-order valence-corrected chi connectivity index (χ4v) is 12.1. The summed E-state index contributed by atoms with van der Waals surface area (Å²) in [6.07, 6.45) is 68.1. The number of rotatable bonds is 66. The Labute approximate surface area is 519 Å².